The molecule has 0 aromatic heterocycles. The topological polar surface area (TPSA) is 43.1 Å². The second-order valence-corrected chi connectivity index (χ2v) is 3.84. The number of nitrogens with two attached hydrogens (primary N) is 1. The smallest absolute Gasteiger partial charge is 0.159 e. The third kappa shape index (κ3) is 3.70. The molecule has 0 saturated carbocycles. The molecule has 0 aliphatic heterocycles. The first-order chi connectivity index (χ1) is 7.52. The normalized spacial score (nSPS) is 12.5. The fourth-order valence-electron chi connectivity index (χ4n) is 1.39. The molecule has 16 heavy (non-hydrogen) atoms. The van der Waals surface area contributed by atoms with Crippen molar-refractivity contribution in [2.24, 2.45) is 5.73 Å². The van der Waals surface area contributed by atoms with Crippen LogP contribution in [0.4, 0.5) is 8.78 Å². The third-order valence-electron chi connectivity index (χ3n) is 2.40. The van der Waals surface area contributed by atoms with Gasteiger partial charge in [-0.25, -0.2) is 8.78 Å². The Balaban J connectivity index is 2.59. The Hall–Kier alpha value is -1.29. The number of hydrogen-bond donors (Lipinski definition) is 1. The standard InChI is InChI=1S/C12H15F2NO/c1-2-9(15)7-10(16)5-8-3-4-11(13)12(14)6-8/h3-4,6,9H,2,5,7,15H2,1H3. The van der Waals surface area contributed by atoms with Gasteiger partial charge in [0.25, 0.3) is 0 Å². The van der Waals surface area contributed by atoms with E-state index in [9.17, 15) is 13.6 Å². The van der Waals surface area contributed by atoms with Crippen LogP contribution in [-0.2, 0) is 11.2 Å². The summed E-state index contributed by atoms with van der Waals surface area (Å²) in [7, 11) is 0. The van der Waals surface area contributed by atoms with Gasteiger partial charge in [-0.2, -0.15) is 0 Å². The molecule has 1 unspecified atom stereocenters. The molecular weight excluding hydrogens is 212 g/mol. The fourth-order valence-corrected chi connectivity index (χ4v) is 1.39. The highest BCUT2D eigenvalue weighted by Crippen LogP contribution is 2.10. The molecule has 1 aromatic rings. The number of rotatable bonds is 5. The van der Waals surface area contributed by atoms with Gasteiger partial charge in [0.2, 0.25) is 0 Å². The van der Waals surface area contributed by atoms with Gasteiger partial charge in [-0.3, -0.25) is 4.79 Å². The van der Waals surface area contributed by atoms with Crippen LogP contribution in [0.15, 0.2) is 18.2 Å². The minimum Gasteiger partial charge on any atom is -0.327 e. The van der Waals surface area contributed by atoms with E-state index in [1.807, 2.05) is 6.92 Å². The summed E-state index contributed by atoms with van der Waals surface area (Å²) in [4.78, 5) is 11.5. The Morgan fingerprint density at radius 2 is 2.06 bits per heavy atom. The zero-order valence-corrected chi connectivity index (χ0v) is 9.17. The van der Waals surface area contributed by atoms with Crippen molar-refractivity contribution in [2.75, 3.05) is 0 Å². The molecule has 88 valence electrons. The van der Waals surface area contributed by atoms with E-state index >= 15 is 0 Å². The van der Waals surface area contributed by atoms with E-state index in [1.54, 1.807) is 0 Å². The summed E-state index contributed by atoms with van der Waals surface area (Å²) in [6.45, 7) is 1.90. The summed E-state index contributed by atoms with van der Waals surface area (Å²) in [5.74, 6) is -1.88. The van der Waals surface area contributed by atoms with Gasteiger partial charge in [0.15, 0.2) is 11.6 Å². The Bertz CT molecular complexity index is 379. The lowest BCUT2D eigenvalue weighted by Crippen LogP contribution is -2.23. The number of halogens is 2. The highest BCUT2D eigenvalue weighted by atomic mass is 19.2. The van der Waals surface area contributed by atoms with Crippen LogP contribution in [0, 0.1) is 11.6 Å². The van der Waals surface area contributed by atoms with E-state index in [1.165, 1.54) is 6.07 Å². The fraction of sp³-hybridized carbons (Fsp3) is 0.417. The minimum absolute atomic E-state index is 0.0552. The van der Waals surface area contributed by atoms with Crippen molar-refractivity contribution >= 4 is 5.78 Å². The molecule has 0 amide bonds. The van der Waals surface area contributed by atoms with Crippen LogP contribution in [0.5, 0.6) is 0 Å². The number of carbonyl (C=O) groups excluding carboxylic acids is 1. The van der Waals surface area contributed by atoms with Crippen LogP contribution in [0.2, 0.25) is 0 Å². The molecular formula is C12H15F2NO. The van der Waals surface area contributed by atoms with E-state index in [4.69, 9.17) is 5.73 Å². The molecule has 0 radical (unpaired) electrons. The summed E-state index contributed by atoms with van der Waals surface area (Å²) in [5.41, 5.74) is 6.11. The van der Waals surface area contributed by atoms with Crippen molar-refractivity contribution in [1.29, 1.82) is 0 Å². The van der Waals surface area contributed by atoms with Gasteiger partial charge >= 0.3 is 0 Å². The number of Topliss-reactive ketones (excluding diaryl/α,β-unsaturated/α-hetero) is 1. The second kappa shape index (κ2) is 5.70. The van der Waals surface area contributed by atoms with Crippen molar-refractivity contribution in [3.63, 3.8) is 0 Å². The highest BCUT2D eigenvalue weighted by molar-refractivity contribution is 5.81. The van der Waals surface area contributed by atoms with E-state index in [0.717, 1.165) is 18.6 Å². The van der Waals surface area contributed by atoms with E-state index in [2.05, 4.69) is 0 Å². The van der Waals surface area contributed by atoms with Crippen LogP contribution in [0.3, 0.4) is 0 Å². The summed E-state index contributed by atoms with van der Waals surface area (Å²) in [6, 6.07) is 3.33. The lowest BCUT2D eigenvalue weighted by molar-refractivity contribution is -0.118. The van der Waals surface area contributed by atoms with Gasteiger partial charge in [-0.05, 0) is 24.1 Å². The zero-order chi connectivity index (χ0) is 12.1. The first kappa shape index (κ1) is 12.8. The Morgan fingerprint density at radius 1 is 1.38 bits per heavy atom. The maximum absolute atomic E-state index is 12.8. The van der Waals surface area contributed by atoms with Crippen LogP contribution < -0.4 is 5.73 Å². The number of carbonyl (C=O) groups is 1. The van der Waals surface area contributed by atoms with Crippen LogP contribution in [0.25, 0.3) is 0 Å². The van der Waals surface area contributed by atoms with E-state index in [-0.39, 0.29) is 24.7 Å². The first-order valence-corrected chi connectivity index (χ1v) is 5.24. The molecule has 0 spiro atoms. The third-order valence-corrected chi connectivity index (χ3v) is 2.40. The number of benzene rings is 1. The molecule has 0 saturated heterocycles. The van der Waals surface area contributed by atoms with E-state index < -0.39 is 11.6 Å². The lowest BCUT2D eigenvalue weighted by Gasteiger charge is -2.07. The summed E-state index contributed by atoms with van der Waals surface area (Å²) < 4.78 is 25.5. The molecule has 0 heterocycles. The first-order valence-electron chi connectivity index (χ1n) is 5.24. The van der Waals surface area contributed by atoms with Crippen molar-refractivity contribution < 1.29 is 13.6 Å². The van der Waals surface area contributed by atoms with Gasteiger partial charge in [-0.15, -0.1) is 0 Å². The second-order valence-electron chi connectivity index (χ2n) is 3.84. The maximum Gasteiger partial charge on any atom is 0.159 e. The summed E-state index contributed by atoms with van der Waals surface area (Å²) in [5, 5.41) is 0. The lowest BCUT2D eigenvalue weighted by atomic mass is 10.0. The van der Waals surface area contributed by atoms with Gasteiger partial charge < -0.3 is 5.73 Å². The van der Waals surface area contributed by atoms with Crippen molar-refractivity contribution in [3.8, 4) is 0 Å². The molecule has 0 fully saturated rings. The highest BCUT2D eigenvalue weighted by Gasteiger charge is 2.10. The van der Waals surface area contributed by atoms with Crippen molar-refractivity contribution in [3.05, 3.63) is 35.4 Å². The van der Waals surface area contributed by atoms with Crippen LogP contribution in [0.1, 0.15) is 25.3 Å². The minimum atomic E-state index is -0.926. The average molecular weight is 227 g/mol. The van der Waals surface area contributed by atoms with Gasteiger partial charge in [0, 0.05) is 18.9 Å². The molecule has 1 atom stereocenters. The van der Waals surface area contributed by atoms with Crippen LogP contribution in [-0.4, -0.2) is 11.8 Å². The van der Waals surface area contributed by atoms with Gasteiger partial charge in [0.1, 0.15) is 5.78 Å². The largest absolute Gasteiger partial charge is 0.327 e. The molecule has 0 aliphatic carbocycles. The Kier molecular flexibility index (Phi) is 4.55. The molecule has 2 nitrogen and oxygen atoms in total. The molecule has 0 aliphatic rings. The molecule has 1 rings (SSSR count). The van der Waals surface area contributed by atoms with Crippen LogP contribution >= 0.6 is 0 Å². The summed E-state index contributed by atoms with van der Waals surface area (Å²) >= 11 is 0. The average Bonchev–Trinajstić information content (AvgIpc) is 2.23. The summed E-state index contributed by atoms with van der Waals surface area (Å²) in [6.07, 6.45) is 1.10. The maximum atomic E-state index is 12.8. The Morgan fingerprint density at radius 3 is 2.62 bits per heavy atom. The Labute approximate surface area is 93.5 Å². The quantitative estimate of drug-likeness (QED) is 0.838. The molecule has 4 heteroatoms. The monoisotopic (exact) mass is 227 g/mol. The van der Waals surface area contributed by atoms with Crippen molar-refractivity contribution in [2.45, 2.75) is 32.2 Å². The van der Waals surface area contributed by atoms with Gasteiger partial charge in [-0.1, -0.05) is 13.0 Å². The number of ketones is 1. The SMILES string of the molecule is CCC(N)CC(=O)Cc1ccc(F)c(F)c1. The zero-order valence-electron chi connectivity index (χ0n) is 9.17. The predicted octanol–water partition coefficient (Wildman–Crippen LogP) is 2.20. The van der Waals surface area contributed by atoms with E-state index in [0.29, 0.717) is 5.56 Å². The molecule has 1 aromatic carbocycles. The molecule has 2 N–H and O–H groups in total. The van der Waals surface area contributed by atoms with Crippen molar-refractivity contribution in [1.82, 2.24) is 0 Å². The predicted molar refractivity (Wildman–Crippen MR) is 58.0 cm³/mol. The van der Waals surface area contributed by atoms with Gasteiger partial charge in [0.05, 0.1) is 0 Å². The number of hydrogen-bond acceptors (Lipinski definition) is 2. The molecule has 0 bridgehead atoms.